The molecule has 7 heteroatoms. The van der Waals surface area contributed by atoms with Gasteiger partial charge in [-0.2, -0.15) is 0 Å². The lowest BCUT2D eigenvalue weighted by molar-refractivity contribution is -0.123. The third-order valence-corrected chi connectivity index (χ3v) is 2.44. The first kappa shape index (κ1) is 21.3. The molecule has 0 saturated heterocycles. The Morgan fingerprint density at radius 2 is 1.70 bits per heavy atom. The molecule has 2 N–H and O–H groups in total. The molecule has 132 valence electrons. The summed E-state index contributed by atoms with van der Waals surface area (Å²) in [4.78, 5) is 10.3. The Hall–Kier alpha value is -1.67. The van der Waals surface area contributed by atoms with Crippen LogP contribution in [0.15, 0.2) is 18.2 Å². The summed E-state index contributed by atoms with van der Waals surface area (Å²) in [6.07, 6.45) is 0.743. The van der Waals surface area contributed by atoms with Crippen molar-refractivity contribution in [2.24, 2.45) is 0 Å². The lowest BCUT2D eigenvalue weighted by Gasteiger charge is -2.09. The highest BCUT2D eigenvalue weighted by Gasteiger charge is 2.12. The third kappa shape index (κ3) is 9.85. The number of aliphatic hydroxyl groups is 2. The van der Waals surface area contributed by atoms with Crippen molar-refractivity contribution in [3.8, 4) is 11.5 Å². The number of benzene rings is 1. The molecule has 7 nitrogen and oxygen atoms in total. The fourth-order valence-corrected chi connectivity index (χ4v) is 1.50. The van der Waals surface area contributed by atoms with Crippen LogP contribution in [0.25, 0.3) is 0 Å². The van der Waals surface area contributed by atoms with E-state index in [4.69, 9.17) is 29.2 Å². The molecule has 0 aliphatic carbocycles. The van der Waals surface area contributed by atoms with Gasteiger partial charge in [-0.1, -0.05) is 0 Å². The van der Waals surface area contributed by atoms with Gasteiger partial charge in [0.1, 0.15) is 6.29 Å². The van der Waals surface area contributed by atoms with Crippen LogP contribution in [0.3, 0.4) is 0 Å². The summed E-state index contributed by atoms with van der Waals surface area (Å²) in [7, 11) is 0. The average molecular weight is 330 g/mol. The highest BCUT2D eigenvalue weighted by atomic mass is 16.7. The highest BCUT2D eigenvalue weighted by molar-refractivity contribution is 5.76. The van der Waals surface area contributed by atoms with E-state index >= 15 is 0 Å². The Morgan fingerprint density at radius 1 is 1.13 bits per heavy atom. The molecule has 0 unspecified atom stereocenters. The van der Waals surface area contributed by atoms with Crippen LogP contribution in [0.1, 0.15) is 31.1 Å². The summed E-state index contributed by atoms with van der Waals surface area (Å²) in [5, 5.41) is 15.2. The first-order valence-electron chi connectivity index (χ1n) is 7.42. The summed E-state index contributed by atoms with van der Waals surface area (Å²) in [5.74, 6) is 1.35. The van der Waals surface area contributed by atoms with E-state index in [9.17, 15) is 4.79 Å². The topological polar surface area (TPSA) is 94.5 Å². The van der Waals surface area contributed by atoms with Crippen LogP contribution in [-0.2, 0) is 9.47 Å². The van der Waals surface area contributed by atoms with Crippen molar-refractivity contribution >= 4 is 6.29 Å². The van der Waals surface area contributed by atoms with Crippen LogP contribution in [0.2, 0.25) is 0 Å². The molecular formula is C16H26O7. The van der Waals surface area contributed by atoms with Crippen molar-refractivity contribution in [1.82, 2.24) is 0 Å². The molecule has 0 aromatic heterocycles. The van der Waals surface area contributed by atoms with Crippen LogP contribution in [0.5, 0.6) is 11.5 Å². The minimum absolute atomic E-state index is 0.0370. The van der Waals surface area contributed by atoms with Gasteiger partial charge < -0.3 is 29.2 Å². The van der Waals surface area contributed by atoms with Gasteiger partial charge in [-0.15, -0.1) is 0 Å². The van der Waals surface area contributed by atoms with Crippen molar-refractivity contribution in [2.75, 3.05) is 33.2 Å². The van der Waals surface area contributed by atoms with Crippen LogP contribution < -0.4 is 9.47 Å². The van der Waals surface area contributed by atoms with E-state index in [-0.39, 0.29) is 26.3 Å². The van der Waals surface area contributed by atoms with Crippen LogP contribution in [0, 0.1) is 0 Å². The van der Waals surface area contributed by atoms with Crippen molar-refractivity contribution < 1.29 is 34.0 Å². The number of fused-ring (bicyclic) bond motifs is 1. The second kappa shape index (κ2) is 14.0. The van der Waals surface area contributed by atoms with E-state index in [1.807, 2.05) is 20.8 Å². The number of hydrogen-bond acceptors (Lipinski definition) is 7. The lowest BCUT2D eigenvalue weighted by Crippen LogP contribution is -2.11. The van der Waals surface area contributed by atoms with E-state index in [0.29, 0.717) is 17.1 Å². The summed E-state index contributed by atoms with van der Waals surface area (Å²) >= 11 is 0. The Kier molecular flexibility index (Phi) is 12.9. The second-order valence-corrected chi connectivity index (χ2v) is 4.16. The molecule has 0 radical (unpaired) electrons. The van der Waals surface area contributed by atoms with Crippen LogP contribution >= 0.6 is 0 Å². The Labute approximate surface area is 136 Å². The molecule has 0 bridgehead atoms. The monoisotopic (exact) mass is 330 g/mol. The van der Waals surface area contributed by atoms with Gasteiger partial charge in [0.2, 0.25) is 6.79 Å². The number of aldehydes is 1. The van der Waals surface area contributed by atoms with Gasteiger partial charge >= 0.3 is 0 Å². The fraction of sp³-hybridized carbons (Fsp3) is 0.562. The van der Waals surface area contributed by atoms with Gasteiger partial charge in [0, 0.05) is 18.8 Å². The first-order chi connectivity index (χ1) is 11.1. The maximum absolute atomic E-state index is 10.3. The molecule has 2 rings (SSSR count). The average Bonchev–Trinajstić information content (AvgIpc) is 3.03. The predicted octanol–water partition coefficient (Wildman–Crippen LogP) is 1.60. The minimum atomic E-state index is -0.125. The zero-order valence-corrected chi connectivity index (χ0v) is 13.9. The SMILES string of the molecule is CCOC(C)OCC.O=Cc1ccc2c(c1)OCO2.OCCO. The van der Waals surface area contributed by atoms with Gasteiger partial charge in [0.05, 0.1) is 13.2 Å². The van der Waals surface area contributed by atoms with E-state index in [1.54, 1.807) is 18.2 Å². The number of hydrogen-bond donors (Lipinski definition) is 2. The summed E-state index contributed by atoms with van der Waals surface area (Å²) in [6.45, 7) is 7.25. The maximum atomic E-state index is 10.3. The standard InChI is InChI=1S/C8H6O3.C6H14O2.C2H6O2/c9-4-6-1-2-7-8(3-6)11-5-10-7;1-4-7-6(3)8-5-2;3-1-2-4/h1-4H,5H2;6H,4-5H2,1-3H3;3-4H,1-2H2. The van der Waals surface area contributed by atoms with Gasteiger partial charge in [-0.05, 0) is 39.0 Å². The molecule has 1 aromatic carbocycles. The Morgan fingerprint density at radius 3 is 2.17 bits per heavy atom. The molecule has 1 aromatic rings. The van der Waals surface area contributed by atoms with E-state index in [2.05, 4.69) is 0 Å². The largest absolute Gasteiger partial charge is 0.454 e. The predicted molar refractivity (Wildman–Crippen MR) is 84.8 cm³/mol. The van der Waals surface area contributed by atoms with Crippen molar-refractivity contribution in [3.63, 3.8) is 0 Å². The Balaban J connectivity index is 0.000000357. The normalized spacial score (nSPS) is 11.2. The highest BCUT2D eigenvalue weighted by Crippen LogP contribution is 2.31. The number of carbonyl (C=O) groups is 1. The molecule has 0 saturated carbocycles. The van der Waals surface area contributed by atoms with Gasteiger partial charge in [-0.3, -0.25) is 4.79 Å². The molecule has 23 heavy (non-hydrogen) atoms. The summed E-state index contributed by atoms with van der Waals surface area (Å²) < 4.78 is 20.2. The van der Waals surface area contributed by atoms with Gasteiger partial charge in [0.25, 0.3) is 0 Å². The van der Waals surface area contributed by atoms with Crippen molar-refractivity contribution in [2.45, 2.75) is 27.1 Å². The van der Waals surface area contributed by atoms with E-state index in [0.717, 1.165) is 19.5 Å². The second-order valence-electron chi connectivity index (χ2n) is 4.16. The molecule has 1 aliphatic rings. The summed E-state index contributed by atoms with van der Waals surface area (Å²) in [5.41, 5.74) is 0.606. The first-order valence-corrected chi connectivity index (χ1v) is 7.42. The maximum Gasteiger partial charge on any atom is 0.231 e. The molecular weight excluding hydrogens is 304 g/mol. The third-order valence-electron chi connectivity index (χ3n) is 2.44. The lowest BCUT2D eigenvalue weighted by atomic mass is 10.2. The fourth-order valence-electron chi connectivity index (χ4n) is 1.50. The number of ether oxygens (including phenoxy) is 4. The number of rotatable bonds is 6. The molecule has 1 aliphatic heterocycles. The van der Waals surface area contributed by atoms with Crippen molar-refractivity contribution in [3.05, 3.63) is 23.8 Å². The van der Waals surface area contributed by atoms with Gasteiger partial charge in [-0.25, -0.2) is 0 Å². The summed E-state index contributed by atoms with van der Waals surface area (Å²) in [6, 6.07) is 5.09. The molecule has 0 fully saturated rings. The van der Waals surface area contributed by atoms with E-state index < -0.39 is 0 Å². The molecule has 0 atom stereocenters. The number of aliphatic hydroxyl groups excluding tert-OH is 2. The zero-order chi connectivity index (χ0) is 17.5. The minimum Gasteiger partial charge on any atom is -0.454 e. The van der Waals surface area contributed by atoms with Gasteiger partial charge in [0.15, 0.2) is 17.8 Å². The quantitative estimate of drug-likeness (QED) is 0.604. The Bertz CT molecular complexity index is 415. The molecule has 1 heterocycles. The van der Waals surface area contributed by atoms with Crippen LogP contribution in [-0.4, -0.2) is 56.0 Å². The molecule has 0 spiro atoms. The van der Waals surface area contributed by atoms with Crippen LogP contribution in [0.4, 0.5) is 0 Å². The van der Waals surface area contributed by atoms with Crippen molar-refractivity contribution in [1.29, 1.82) is 0 Å². The zero-order valence-electron chi connectivity index (χ0n) is 13.9. The number of carbonyl (C=O) groups excluding carboxylic acids is 1. The smallest absolute Gasteiger partial charge is 0.231 e. The molecule has 0 amide bonds. The van der Waals surface area contributed by atoms with E-state index in [1.165, 1.54) is 0 Å².